The van der Waals surface area contributed by atoms with Crippen LogP contribution in [0.4, 0.5) is 0 Å². The van der Waals surface area contributed by atoms with Crippen LogP contribution in [0, 0.1) is 12.8 Å². The lowest BCUT2D eigenvalue weighted by atomic mass is 9.89. The predicted octanol–water partition coefficient (Wildman–Crippen LogP) is 3.00. The fourth-order valence-electron chi connectivity index (χ4n) is 4.19. The van der Waals surface area contributed by atoms with Gasteiger partial charge in [0.2, 0.25) is 15.9 Å². The molecule has 3 rings (SSSR count). The molecule has 2 aromatic carbocycles. The first-order chi connectivity index (χ1) is 16.7. The van der Waals surface area contributed by atoms with Crippen molar-refractivity contribution in [2.75, 3.05) is 33.4 Å². The molecule has 1 saturated heterocycles. The zero-order valence-electron chi connectivity index (χ0n) is 20.0. The lowest BCUT2D eigenvalue weighted by Crippen LogP contribution is -2.54. The number of amides is 2. The van der Waals surface area contributed by atoms with Crippen LogP contribution < -0.4 is 10.6 Å². The van der Waals surface area contributed by atoms with Crippen LogP contribution in [-0.4, -0.2) is 63.9 Å². The molecular formula is C25H32ClN3O5S. The number of nitrogens with one attached hydrogen (secondary N) is 2. The minimum absolute atomic E-state index is 0.181. The average Bonchev–Trinajstić information content (AvgIpc) is 2.85. The second-order valence-electron chi connectivity index (χ2n) is 8.60. The van der Waals surface area contributed by atoms with Gasteiger partial charge < -0.3 is 15.4 Å². The van der Waals surface area contributed by atoms with Gasteiger partial charge >= 0.3 is 0 Å². The molecule has 1 atom stereocenters. The molecule has 0 saturated carbocycles. The third kappa shape index (κ3) is 7.04. The highest BCUT2D eigenvalue weighted by Gasteiger charge is 2.36. The summed E-state index contributed by atoms with van der Waals surface area (Å²) in [6.45, 7) is 3.29. The molecule has 0 unspecified atom stereocenters. The van der Waals surface area contributed by atoms with Crippen LogP contribution in [0.5, 0.6) is 0 Å². The lowest BCUT2D eigenvalue weighted by Gasteiger charge is -2.35. The van der Waals surface area contributed by atoms with E-state index in [2.05, 4.69) is 10.6 Å². The second kappa shape index (κ2) is 12.5. The van der Waals surface area contributed by atoms with Gasteiger partial charge in [-0.2, -0.15) is 4.31 Å². The number of hydrogen-bond donors (Lipinski definition) is 2. The summed E-state index contributed by atoms with van der Waals surface area (Å²) in [6, 6.07) is 12.5. The topological polar surface area (TPSA) is 105 Å². The van der Waals surface area contributed by atoms with Crippen molar-refractivity contribution in [2.45, 2.75) is 37.1 Å². The average molecular weight is 522 g/mol. The highest BCUT2D eigenvalue weighted by molar-refractivity contribution is 7.89. The molecule has 2 amide bonds. The van der Waals surface area contributed by atoms with Crippen LogP contribution >= 0.6 is 11.6 Å². The van der Waals surface area contributed by atoms with Crippen LogP contribution in [0.2, 0.25) is 5.02 Å². The number of rotatable bonds is 10. The molecular weight excluding hydrogens is 490 g/mol. The zero-order valence-corrected chi connectivity index (χ0v) is 21.6. The Hall–Kier alpha value is -2.46. The summed E-state index contributed by atoms with van der Waals surface area (Å²) in [5.74, 6) is -0.805. The SMILES string of the molecule is COCCCNC(=O)[C@H](NC(=O)c1ccccc1C)C1CCN(S(=O)(=O)c2ccc(Cl)cc2)CC1. The Morgan fingerprint density at radius 3 is 2.40 bits per heavy atom. The summed E-state index contributed by atoms with van der Waals surface area (Å²) in [5, 5.41) is 6.26. The number of halogens is 1. The minimum atomic E-state index is -3.67. The number of aryl methyl sites for hydroxylation is 1. The van der Waals surface area contributed by atoms with Gasteiger partial charge in [-0.15, -0.1) is 0 Å². The molecule has 1 heterocycles. The summed E-state index contributed by atoms with van der Waals surface area (Å²) in [7, 11) is -2.07. The molecule has 10 heteroatoms. The Labute approximate surface area is 212 Å². The Bertz CT molecular complexity index is 1120. The Morgan fingerprint density at radius 2 is 1.77 bits per heavy atom. The molecule has 1 aliphatic heterocycles. The second-order valence-corrected chi connectivity index (χ2v) is 11.0. The number of carbonyl (C=O) groups excluding carboxylic acids is 2. The van der Waals surface area contributed by atoms with Gasteiger partial charge in [0.1, 0.15) is 6.04 Å². The molecule has 0 bridgehead atoms. The summed E-state index contributed by atoms with van der Waals surface area (Å²) in [5.41, 5.74) is 1.32. The first-order valence-corrected chi connectivity index (χ1v) is 13.4. The molecule has 0 radical (unpaired) electrons. The Kier molecular flexibility index (Phi) is 9.68. The quantitative estimate of drug-likeness (QED) is 0.468. The fourth-order valence-corrected chi connectivity index (χ4v) is 5.78. The summed E-state index contributed by atoms with van der Waals surface area (Å²) >= 11 is 5.89. The number of hydrogen-bond acceptors (Lipinski definition) is 5. The van der Waals surface area contributed by atoms with E-state index in [-0.39, 0.29) is 35.7 Å². The van der Waals surface area contributed by atoms with E-state index >= 15 is 0 Å². The fraction of sp³-hybridized carbons (Fsp3) is 0.440. The molecule has 0 spiro atoms. The Morgan fingerprint density at radius 1 is 1.11 bits per heavy atom. The van der Waals surface area contributed by atoms with Crippen molar-refractivity contribution in [3.8, 4) is 0 Å². The van der Waals surface area contributed by atoms with Crippen LogP contribution in [0.25, 0.3) is 0 Å². The van der Waals surface area contributed by atoms with Gasteiger partial charge in [-0.25, -0.2) is 8.42 Å². The molecule has 190 valence electrons. The molecule has 0 aromatic heterocycles. The normalized spacial score (nSPS) is 16.0. The smallest absolute Gasteiger partial charge is 0.252 e. The highest BCUT2D eigenvalue weighted by atomic mass is 35.5. The zero-order chi connectivity index (χ0) is 25.4. The Balaban J connectivity index is 1.71. The van der Waals surface area contributed by atoms with Gasteiger partial charge in [0.15, 0.2) is 0 Å². The number of benzene rings is 2. The van der Waals surface area contributed by atoms with Crippen molar-refractivity contribution in [3.63, 3.8) is 0 Å². The molecule has 35 heavy (non-hydrogen) atoms. The summed E-state index contributed by atoms with van der Waals surface area (Å²) in [6.07, 6.45) is 1.53. The van der Waals surface area contributed by atoms with Gasteiger partial charge in [-0.1, -0.05) is 29.8 Å². The highest BCUT2D eigenvalue weighted by Crippen LogP contribution is 2.27. The van der Waals surface area contributed by atoms with Crippen LogP contribution in [0.1, 0.15) is 35.2 Å². The van der Waals surface area contributed by atoms with Crippen molar-refractivity contribution in [1.82, 2.24) is 14.9 Å². The van der Waals surface area contributed by atoms with Crippen LogP contribution in [-0.2, 0) is 19.6 Å². The van der Waals surface area contributed by atoms with E-state index in [0.29, 0.717) is 43.0 Å². The molecule has 1 aliphatic rings. The van der Waals surface area contributed by atoms with E-state index in [0.717, 1.165) is 5.56 Å². The summed E-state index contributed by atoms with van der Waals surface area (Å²) < 4.78 is 32.5. The van der Waals surface area contributed by atoms with Crippen molar-refractivity contribution in [3.05, 3.63) is 64.7 Å². The van der Waals surface area contributed by atoms with Gasteiger partial charge in [0, 0.05) is 43.9 Å². The van der Waals surface area contributed by atoms with Crippen molar-refractivity contribution in [2.24, 2.45) is 5.92 Å². The first kappa shape index (κ1) is 27.1. The first-order valence-electron chi connectivity index (χ1n) is 11.6. The third-order valence-electron chi connectivity index (χ3n) is 6.20. The maximum absolute atomic E-state index is 13.1. The van der Waals surface area contributed by atoms with E-state index in [4.69, 9.17) is 16.3 Å². The number of ether oxygens (including phenoxy) is 1. The van der Waals surface area contributed by atoms with E-state index in [9.17, 15) is 18.0 Å². The predicted molar refractivity (Wildman–Crippen MR) is 135 cm³/mol. The van der Waals surface area contributed by atoms with Crippen molar-refractivity contribution >= 4 is 33.4 Å². The van der Waals surface area contributed by atoms with Crippen molar-refractivity contribution < 1.29 is 22.7 Å². The molecule has 2 N–H and O–H groups in total. The van der Waals surface area contributed by atoms with E-state index in [1.165, 1.54) is 16.4 Å². The van der Waals surface area contributed by atoms with Gasteiger partial charge in [0.25, 0.3) is 5.91 Å². The lowest BCUT2D eigenvalue weighted by molar-refractivity contribution is -0.124. The molecule has 8 nitrogen and oxygen atoms in total. The largest absolute Gasteiger partial charge is 0.385 e. The number of methoxy groups -OCH3 is 1. The van der Waals surface area contributed by atoms with Gasteiger partial charge in [-0.05, 0) is 68.0 Å². The number of carbonyl (C=O) groups is 2. The van der Waals surface area contributed by atoms with E-state index in [1.807, 2.05) is 19.1 Å². The van der Waals surface area contributed by atoms with E-state index < -0.39 is 16.1 Å². The van der Waals surface area contributed by atoms with Gasteiger partial charge in [-0.3, -0.25) is 9.59 Å². The number of piperidine rings is 1. The minimum Gasteiger partial charge on any atom is -0.385 e. The number of sulfonamides is 1. The molecule has 1 fully saturated rings. The third-order valence-corrected chi connectivity index (χ3v) is 8.37. The van der Waals surface area contributed by atoms with Crippen LogP contribution in [0.15, 0.2) is 53.4 Å². The maximum Gasteiger partial charge on any atom is 0.252 e. The number of nitrogens with zero attached hydrogens (tertiary/aromatic N) is 1. The maximum atomic E-state index is 13.1. The standard InChI is InChI=1S/C25H32ClN3O5S/c1-18-6-3-4-7-22(18)24(30)28-23(25(31)27-14-5-17-34-2)19-12-15-29(16-13-19)35(32,33)21-10-8-20(26)9-11-21/h3-4,6-11,19,23H,5,12-17H2,1-2H3,(H,27,31)(H,28,30)/t23-/m1/s1. The molecule has 2 aromatic rings. The van der Waals surface area contributed by atoms with Crippen LogP contribution in [0.3, 0.4) is 0 Å². The monoisotopic (exact) mass is 521 g/mol. The van der Waals surface area contributed by atoms with Gasteiger partial charge in [0.05, 0.1) is 4.90 Å². The molecule has 0 aliphatic carbocycles. The summed E-state index contributed by atoms with van der Waals surface area (Å²) in [4.78, 5) is 26.3. The van der Waals surface area contributed by atoms with E-state index in [1.54, 1.807) is 31.4 Å². The van der Waals surface area contributed by atoms with Crippen molar-refractivity contribution in [1.29, 1.82) is 0 Å².